The number of piperidine rings is 1. The van der Waals surface area contributed by atoms with E-state index in [1.54, 1.807) is 24.0 Å². The maximum Gasteiger partial charge on any atom is 0.417 e. The predicted octanol–water partition coefficient (Wildman–Crippen LogP) is 3.75. The minimum atomic E-state index is -4.75. The number of phenols is 1. The second kappa shape index (κ2) is 10.1. The average Bonchev–Trinajstić information content (AvgIpc) is 2.78. The number of halogens is 3. The Morgan fingerprint density at radius 1 is 1.28 bits per heavy atom. The molecule has 0 bridgehead atoms. The number of alkyl halides is 3. The van der Waals surface area contributed by atoms with E-state index in [4.69, 9.17) is 4.74 Å². The van der Waals surface area contributed by atoms with Gasteiger partial charge in [-0.25, -0.2) is 9.78 Å². The molecule has 1 aromatic heterocycles. The number of rotatable bonds is 7. The van der Waals surface area contributed by atoms with Gasteiger partial charge >= 0.3 is 12.1 Å². The van der Waals surface area contributed by atoms with Crippen molar-refractivity contribution in [3.63, 3.8) is 0 Å². The number of esters is 1. The van der Waals surface area contributed by atoms with E-state index >= 15 is 0 Å². The number of phenolic OH excluding ortho intramolecular Hbond substituents is 1. The maximum atomic E-state index is 13.7. The zero-order valence-electron chi connectivity index (χ0n) is 17.9. The number of nitrogens with zero attached hydrogens (tertiary/aromatic N) is 2. The number of hydrogen-bond acceptors (Lipinski definition) is 7. The predicted molar refractivity (Wildman–Crippen MR) is 112 cm³/mol. The average molecular weight is 453 g/mol. The standard InChI is InChI=1S/C22H26F3N3O4/c1-3-32-19-10-14(4-5-18(19)29)13-28(15-6-8-26-9-7-15)20-11-17(22(23,24)25)16(12-27-20)21(30)31-2/h4-5,10-12,15,26,29H,3,6-9,13H2,1-2H3. The Balaban J connectivity index is 2.03. The van der Waals surface area contributed by atoms with Gasteiger partial charge in [0.15, 0.2) is 11.5 Å². The lowest BCUT2D eigenvalue weighted by molar-refractivity contribution is -0.138. The zero-order chi connectivity index (χ0) is 23.3. The van der Waals surface area contributed by atoms with Crippen LogP contribution in [0, 0.1) is 0 Å². The summed E-state index contributed by atoms with van der Waals surface area (Å²) in [6.45, 7) is 3.87. The first-order valence-corrected chi connectivity index (χ1v) is 10.3. The minimum absolute atomic E-state index is 0.0103. The molecule has 10 heteroatoms. The molecule has 32 heavy (non-hydrogen) atoms. The van der Waals surface area contributed by atoms with Gasteiger partial charge in [0, 0.05) is 18.8 Å². The van der Waals surface area contributed by atoms with Gasteiger partial charge in [0.05, 0.1) is 24.8 Å². The SMILES string of the molecule is CCOc1cc(CN(c2cc(C(F)(F)F)c(C(=O)OC)cn2)C2CCNCC2)ccc1O. The van der Waals surface area contributed by atoms with Crippen LogP contribution in [-0.4, -0.2) is 48.9 Å². The monoisotopic (exact) mass is 453 g/mol. The second-order valence-corrected chi connectivity index (χ2v) is 7.42. The Morgan fingerprint density at radius 3 is 2.62 bits per heavy atom. The third-order valence-corrected chi connectivity index (χ3v) is 5.32. The fourth-order valence-corrected chi connectivity index (χ4v) is 3.75. The molecule has 2 N–H and O–H groups in total. The number of carbonyl (C=O) groups is 1. The van der Waals surface area contributed by atoms with Crippen molar-refractivity contribution in [1.82, 2.24) is 10.3 Å². The summed E-state index contributed by atoms with van der Waals surface area (Å²) < 4.78 is 51.1. The number of aromatic nitrogens is 1. The topological polar surface area (TPSA) is 83.9 Å². The van der Waals surface area contributed by atoms with Crippen LogP contribution in [0.2, 0.25) is 0 Å². The number of carbonyl (C=O) groups excluding carboxylic acids is 1. The number of hydrogen-bond donors (Lipinski definition) is 2. The molecule has 1 aliphatic rings. The van der Waals surface area contributed by atoms with Crippen molar-refractivity contribution in [2.45, 2.75) is 38.5 Å². The third kappa shape index (κ3) is 5.42. The molecule has 1 fully saturated rings. The van der Waals surface area contributed by atoms with Crippen LogP contribution in [0.3, 0.4) is 0 Å². The summed E-state index contributed by atoms with van der Waals surface area (Å²) in [6.07, 6.45) is -2.39. The summed E-state index contributed by atoms with van der Waals surface area (Å²) in [4.78, 5) is 17.9. The first-order chi connectivity index (χ1) is 15.2. The molecule has 0 aliphatic carbocycles. The van der Waals surface area contributed by atoms with Gasteiger partial charge in [-0.2, -0.15) is 13.2 Å². The second-order valence-electron chi connectivity index (χ2n) is 7.42. The van der Waals surface area contributed by atoms with E-state index < -0.39 is 23.3 Å². The summed E-state index contributed by atoms with van der Waals surface area (Å²) >= 11 is 0. The normalized spacial score (nSPS) is 14.8. The molecule has 3 rings (SSSR count). The van der Waals surface area contributed by atoms with Crippen molar-refractivity contribution in [3.8, 4) is 11.5 Å². The molecule has 2 aromatic rings. The summed E-state index contributed by atoms with van der Waals surface area (Å²) in [5, 5.41) is 13.2. The first-order valence-electron chi connectivity index (χ1n) is 10.3. The van der Waals surface area contributed by atoms with Gasteiger partial charge in [-0.05, 0) is 56.6 Å². The quantitative estimate of drug-likeness (QED) is 0.618. The lowest BCUT2D eigenvalue weighted by atomic mass is 10.0. The van der Waals surface area contributed by atoms with Crippen LogP contribution in [0.5, 0.6) is 11.5 Å². The van der Waals surface area contributed by atoms with Gasteiger partial charge in [0.2, 0.25) is 0 Å². The van der Waals surface area contributed by atoms with Gasteiger partial charge in [-0.1, -0.05) is 6.07 Å². The summed E-state index contributed by atoms with van der Waals surface area (Å²) in [6, 6.07) is 5.70. The van der Waals surface area contributed by atoms with Crippen molar-refractivity contribution in [3.05, 3.63) is 47.2 Å². The fraction of sp³-hybridized carbons (Fsp3) is 0.455. The molecule has 0 unspecified atom stereocenters. The molecule has 0 amide bonds. The van der Waals surface area contributed by atoms with Gasteiger partial charge in [0.1, 0.15) is 5.82 Å². The Hall–Kier alpha value is -3.01. The highest BCUT2D eigenvalue weighted by atomic mass is 19.4. The zero-order valence-corrected chi connectivity index (χ0v) is 17.9. The fourth-order valence-electron chi connectivity index (χ4n) is 3.75. The number of nitrogens with one attached hydrogen (secondary N) is 1. The van der Waals surface area contributed by atoms with Crippen LogP contribution in [0.1, 0.15) is 41.3 Å². The van der Waals surface area contributed by atoms with Crippen LogP contribution in [0.15, 0.2) is 30.5 Å². The smallest absolute Gasteiger partial charge is 0.417 e. The molecule has 7 nitrogen and oxygen atoms in total. The molecule has 2 heterocycles. The number of benzene rings is 1. The van der Waals surface area contributed by atoms with E-state index in [9.17, 15) is 23.1 Å². The third-order valence-electron chi connectivity index (χ3n) is 5.32. The maximum absolute atomic E-state index is 13.7. The van der Waals surface area contributed by atoms with E-state index in [0.717, 1.165) is 50.9 Å². The molecule has 0 atom stereocenters. The first kappa shape index (κ1) is 23.6. The Kier molecular flexibility index (Phi) is 7.44. The van der Waals surface area contributed by atoms with E-state index in [1.807, 2.05) is 0 Å². The van der Waals surface area contributed by atoms with Gasteiger partial charge in [-0.3, -0.25) is 0 Å². The largest absolute Gasteiger partial charge is 0.504 e. The number of pyridine rings is 1. The Bertz CT molecular complexity index is 947. The van der Waals surface area contributed by atoms with Crippen LogP contribution < -0.4 is 15.0 Å². The number of ether oxygens (including phenoxy) is 2. The Labute approximate surface area is 184 Å². The van der Waals surface area contributed by atoms with Gasteiger partial charge < -0.3 is 24.8 Å². The van der Waals surface area contributed by atoms with Crippen molar-refractivity contribution < 1.29 is 32.5 Å². The molecule has 174 valence electrons. The molecule has 0 radical (unpaired) electrons. The molecule has 1 aliphatic heterocycles. The molecule has 0 saturated carbocycles. The molecular formula is C22H26F3N3O4. The number of methoxy groups -OCH3 is 1. The van der Waals surface area contributed by atoms with E-state index in [-0.39, 0.29) is 24.2 Å². The summed E-state index contributed by atoms with van der Waals surface area (Å²) in [7, 11) is 1.03. The molecule has 0 spiro atoms. The van der Waals surface area contributed by atoms with Crippen LogP contribution in [-0.2, 0) is 17.5 Å². The van der Waals surface area contributed by atoms with E-state index in [1.165, 1.54) is 6.07 Å². The number of aromatic hydroxyl groups is 1. The van der Waals surface area contributed by atoms with Crippen LogP contribution >= 0.6 is 0 Å². The number of anilines is 1. The van der Waals surface area contributed by atoms with E-state index in [0.29, 0.717) is 12.4 Å². The molecular weight excluding hydrogens is 427 g/mol. The van der Waals surface area contributed by atoms with E-state index in [2.05, 4.69) is 15.0 Å². The summed E-state index contributed by atoms with van der Waals surface area (Å²) in [5.74, 6) is -0.684. The minimum Gasteiger partial charge on any atom is -0.504 e. The molecule has 1 aromatic carbocycles. The van der Waals surface area contributed by atoms with Crippen molar-refractivity contribution in [1.29, 1.82) is 0 Å². The van der Waals surface area contributed by atoms with Crippen molar-refractivity contribution in [2.75, 3.05) is 31.7 Å². The lowest BCUT2D eigenvalue weighted by Crippen LogP contribution is -2.43. The molecule has 1 saturated heterocycles. The van der Waals surface area contributed by atoms with Crippen molar-refractivity contribution >= 4 is 11.8 Å². The highest BCUT2D eigenvalue weighted by molar-refractivity contribution is 5.91. The lowest BCUT2D eigenvalue weighted by Gasteiger charge is -2.36. The van der Waals surface area contributed by atoms with Gasteiger partial charge in [0.25, 0.3) is 0 Å². The Morgan fingerprint density at radius 2 is 2.00 bits per heavy atom. The van der Waals surface area contributed by atoms with Crippen LogP contribution in [0.25, 0.3) is 0 Å². The summed E-state index contributed by atoms with van der Waals surface area (Å²) in [5.41, 5.74) is -0.969. The van der Waals surface area contributed by atoms with Gasteiger partial charge in [-0.15, -0.1) is 0 Å². The highest BCUT2D eigenvalue weighted by Crippen LogP contribution is 2.36. The van der Waals surface area contributed by atoms with Crippen molar-refractivity contribution in [2.24, 2.45) is 0 Å². The highest BCUT2D eigenvalue weighted by Gasteiger charge is 2.37. The van der Waals surface area contributed by atoms with Crippen LogP contribution in [0.4, 0.5) is 19.0 Å².